The average molecular weight is 567 g/mol. The molecule has 4 N–H and O–H groups in total. The molecule has 0 radical (unpaired) electrons. The fourth-order valence-electron chi connectivity index (χ4n) is 5.07. The number of nitrogen functional groups attached to an aromatic ring is 1. The number of hydrogen-bond donors (Lipinski definition) is 3. The molecule has 2 atom stereocenters. The number of nitrogens with one attached hydrogen (secondary N) is 2. The minimum atomic E-state index is -4.55. The van der Waals surface area contributed by atoms with Crippen LogP contribution >= 0.6 is 0 Å². The van der Waals surface area contributed by atoms with Crippen LogP contribution < -0.4 is 16.4 Å². The van der Waals surface area contributed by atoms with Gasteiger partial charge in [0.25, 0.3) is 5.91 Å². The predicted octanol–water partition coefficient (Wildman–Crippen LogP) is 4.94. The van der Waals surface area contributed by atoms with Crippen molar-refractivity contribution in [2.24, 2.45) is 0 Å². The summed E-state index contributed by atoms with van der Waals surface area (Å²) in [6, 6.07) is 8.08. The van der Waals surface area contributed by atoms with Gasteiger partial charge in [0.2, 0.25) is 0 Å². The van der Waals surface area contributed by atoms with Gasteiger partial charge < -0.3 is 21.3 Å². The van der Waals surface area contributed by atoms with Crippen LogP contribution in [0.5, 0.6) is 0 Å². The number of likely N-dealkylation sites (tertiary alicyclic amines) is 1. The van der Waals surface area contributed by atoms with Crippen molar-refractivity contribution in [3.8, 4) is 11.3 Å². The summed E-state index contributed by atoms with van der Waals surface area (Å²) in [7, 11) is 0. The lowest BCUT2D eigenvalue weighted by Gasteiger charge is -2.37. The van der Waals surface area contributed by atoms with Gasteiger partial charge in [-0.1, -0.05) is 12.1 Å². The van der Waals surface area contributed by atoms with Crippen molar-refractivity contribution in [1.82, 2.24) is 29.6 Å². The van der Waals surface area contributed by atoms with Crippen molar-refractivity contribution in [2.45, 2.75) is 44.8 Å². The minimum absolute atomic E-state index is 0.0399. The molecule has 3 amide bonds. The Bertz CT molecular complexity index is 1590. The molecule has 0 saturated carbocycles. The molecule has 3 aromatic heterocycles. The first kappa shape index (κ1) is 27.9. The van der Waals surface area contributed by atoms with Crippen molar-refractivity contribution < 1.29 is 22.8 Å². The van der Waals surface area contributed by atoms with Crippen LogP contribution in [0.15, 0.2) is 55.0 Å². The molecular weight excluding hydrogens is 537 g/mol. The summed E-state index contributed by atoms with van der Waals surface area (Å²) in [5.41, 5.74) is 7.45. The summed E-state index contributed by atoms with van der Waals surface area (Å²) in [4.78, 5) is 40.2. The molecule has 10 nitrogen and oxygen atoms in total. The van der Waals surface area contributed by atoms with E-state index >= 15 is 0 Å². The number of fused-ring (bicyclic) bond motifs is 1. The number of nitrogens with two attached hydrogens (primary N) is 1. The molecule has 4 heterocycles. The Morgan fingerprint density at radius 3 is 2.56 bits per heavy atom. The van der Waals surface area contributed by atoms with Crippen molar-refractivity contribution in [1.29, 1.82) is 0 Å². The van der Waals surface area contributed by atoms with E-state index in [1.54, 1.807) is 36.7 Å². The highest BCUT2D eigenvalue weighted by Crippen LogP contribution is 2.35. The predicted molar refractivity (Wildman–Crippen MR) is 147 cm³/mol. The summed E-state index contributed by atoms with van der Waals surface area (Å²) < 4.78 is 40.9. The lowest BCUT2D eigenvalue weighted by atomic mass is 9.93. The van der Waals surface area contributed by atoms with E-state index in [0.717, 1.165) is 37.0 Å². The fraction of sp³-hybridized carbons (Fsp3) is 0.321. The third kappa shape index (κ3) is 5.65. The van der Waals surface area contributed by atoms with Gasteiger partial charge in [-0.2, -0.15) is 13.2 Å². The topological polar surface area (TPSA) is 131 Å². The van der Waals surface area contributed by atoms with Crippen LogP contribution in [-0.4, -0.2) is 55.3 Å². The van der Waals surface area contributed by atoms with Crippen molar-refractivity contribution in [3.05, 3.63) is 71.9 Å². The highest BCUT2D eigenvalue weighted by molar-refractivity contribution is 6.04. The first-order valence-corrected chi connectivity index (χ1v) is 13.2. The lowest BCUT2D eigenvalue weighted by molar-refractivity contribution is -0.137. The number of imidazole rings is 1. The highest BCUT2D eigenvalue weighted by atomic mass is 19.4. The molecule has 0 unspecified atom stereocenters. The van der Waals surface area contributed by atoms with Gasteiger partial charge in [0, 0.05) is 54.8 Å². The fourth-order valence-corrected chi connectivity index (χ4v) is 5.07. The van der Waals surface area contributed by atoms with Crippen molar-refractivity contribution >= 4 is 29.1 Å². The van der Waals surface area contributed by atoms with Gasteiger partial charge in [-0.3, -0.25) is 9.20 Å². The van der Waals surface area contributed by atoms with Gasteiger partial charge in [-0.15, -0.1) is 0 Å². The number of anilines is 2. The number of hydrogen-bond acceptors (Lipinski definition) is 6. The Morgan fingerprint density at radius 2 is 1.85 bits per heavy atom. The molecule has 1 aliphatic heterocycles. The number of pyridine rings is 1. The van der Waals surface area contributed by atoms with E-state index in [1.807, 2.05) is 23.1 Å². The number of aromatic nitrogens is 4. The standard InChI is InChI=1S/C28H29F3N8O2/c1-3-33-27(41)39-15-19(5-4-16(39)2)25-37-22(23-24(32)35-12-13-38(23)25)17-6-8-18(9-7-17)26(40)36-21-14-20(10-11-34-21)28(29,30)31/h6-14,16,19H,3-5,15H2,1-2H3,(H2,32,35)(H,33,41)(H,34,36,40)/t16-,19-/m0/s1. The number of rotatable bonds is 5. The molecule has 0 spiro atoms. The highest BCUT2D eigenvalue weighted by Gasteiger charge is 2.33. The molecule has 41 heavy (non-hydrogen) atoms. The number of amides is 3. The number of benzene rings is 1. The average Bonchev–Trinajstić information content (AvgIpc) is 3.34. The van der Waals surface area contributed by atoms with Crippen LogP contribution in [0, 0.1) is 0 Å². The molecule has 1 saturated heterocycles. The van der Waals surface area contributed by atoms with E-state index in [0.29, 0.717) is 29.9 Å². The van der Waals surface area contributed by atoms with Gasteiger partial charge in [0.05, 0.1) is 5.56 Å². The molecule has 1 aromatic carbocycles. The quantitative estimate of drug-likeness (QED) is 0.314. The number of carbonyl (C=O) groups is 2. The van der Waals surface area contributed by atoms with Gasteiger partial charge in [0.1, 0.15) is 28.7 Å². The second kappa shape index (κ2) is 11.1. The minimum Gasteiger partial charge on any atom is -0.382 e. The maximum atomic E-state index is 13.0. The molecule has 13 heteroatoms. The number of nitrogens with zero attached hydrogens (tertiary/aromatic N) is 5. The van der Waals surface area contributed by atoms with Crippen molar-refractivity contribution in [2.75, 3.05) is 24.1 Å². The summed E-state index contributed by atoms with van der Waals surface area (Å²) >= 11 is 0. The summed E-state index contributed by atoms with van der Waals surface area (Å²) in [6.45, 7) is 4.95. The van der Waals surface area contributed by atoms with Crippen LogP contribution in [-0.2, 0) is 6.18 Å². The van der Waals surface area contributed by atoms with Crippen molar-refractivity contribution in [3.63, 3.8) is 0 Å². The Balaban J connectivity index is 1.42. The lowest BCUT2D eigenvalue weighted by Crippen LogP contribution is -2.49. The van der Waals surface area contributed by atoms with Crippen LogP contribution in [0.1, 0.15) is 54.4 Å². The number of halogens is 3. The van der Waals surface area contributed by atoms with Crippen LogP contribution in [0.25, 0.3) is 16.8 Å². The van der Waals surface area contributed by atoms with Crippen LogP contribution in [0.4, 0.5) is 29.6 Å². The number of urea groups is 1. The molecule has 0 aliphatic carbocycles. The maximum Gasteiger partial charge on any atom is 0.416 e. The third-order valence-electron chi connectivity index (χ3n) is 7.20. The smallest absolute Gasteiger partial charge is 0.382 e. The summed E-state index contributed by atoms with van der Waals surface area (Å²) in [5, 5.41) is 5.28. The molecular formula is C28H29F3N8O2. The van der Waals surface area contributed by atoms with E-state index in [1.165, 1.54) is 0 Å². The zero-order chi connectivity index (χ0) is 29.3. The monoisotopic (exact) mass is 566 g/mol. The van der Waals surface area contributed by atoms with Gasteiger partial charge >= 0.3 is 12.2 Å². The SMILES string of the molecule is CCNC(=O)N1C[C@@H](c2nc(-c3ccc(C(=O)Nc4cc(C(F)(F)F)ccn4)cc3)c3c(N)nccn23)CC[C@@H]1C. The maximum absolute atomic E-state index is 13.0. The van der Waals surface area contributed by atoms with E-state index in [2.05, 4.69) is 20.6 Å². The summed E-state index contributed by atoms with van der Waals surface area (Å²) in [6.07, 6.45) is 1.47. The first-order chi connectivity index (χ1) is 19.6. The van der Waals surface area contributed by atoms with E-state index in [-0.39, 0.29) is 35.2 Å². The Morgan fingerprint density at radius 1 is 1.10 bits per heavy atom. The normalized spacial score (nSPS) is 17.4. The first-order valence-electron chi connectivity index (χ1n) is 13.2. The Kier molecular flexibility index (Phi) is 7.52. The van der Waals surface area contributed by atoms with E-state index in [4.69, 9.17) is 10.7 Å². The van der Waals surface area contributed by atoms with Gasteiger partial charge in [-0.25, -0.2) is 19.7 Å². The van der Waals surface area contributed by atoms with Crippen LogP contribution in [0.2, 0.25) is 0 Å². The molecule has 214 valence electrons. The molecule has 1 fully saturated rings. The number of carbonyl (C=O) groups excluding carboxylic acids is 2. The van der Waals surface area contributed by atoms with E-state index in [9.17, 15) is 22.8 Å². The molecule has 4 aromatic rings. The van der Waals surface area contributed by atoms with Gasteiger partial charge in [-0.05, 0) is 51.0 Å². The molecule has 1 aliphatic rings. The zero-order valence-corrected chi connectivity index (χ0v) is 22.4. The zero-order valence-electron chi connectivity index (χ0n) is 22.4. The van der Waals surface area contributed by atoms with E-state index < -0.39 is 17.6 Å². The molecule has 5 rings (SSSR count). The number of alkyl halides is 3. The molecule has 0 bridgehead atoms. The Hall–Kier alpha value is -4.68. The third-order valence-corrected chi connectivity index (χ3v) is 7.20. The second-order valence-corrected chi connectivity index (χ2v) is 9.92. The number of piperidine rings is 1. The second-order valence-electron chi connectivity index (χ2n) is 9.92. The Labute approximate surface area is 233 Å². The van der Waals surface area contributed by atoms with Crippen LogP contribution in [0.3, 0.4) is 0 Å². The van der Waals surface area contributed by atoms with Gasteiger partial charge in [0.15, 0.2) is 0 Å². The largest absolute Gasteiger partial charge is 0.416 e. The summed E-state index contributed by atoms with van der Waals surface area (Å²) in [5.74, 6) is 0.177.